The van der Waals surface area contributed by atoms with Gasteiger partial charge in [-0.1, -0.05) is 11.6 Å². The number of ether oxygens (including phenoxy) is 1. The second-order valence-electron chi connectivity index (χ2n) is 3.82. The van der Waals surface area contributed by atoms with Crippen LogP contribution in [-0.4, -0.2) is 24.3 Å². The molecule has 88 valence electrons. The maximum atomic E-state index is 11.7. The van der Waals surface area contributed by atoms with E-state index in [-0.39, 0.29) is 0 Å². The molecule has 0 aliphatic carbocycles. The Morgan fingerprint density at radius 1 is 1.47 bits per heavy atom. The fourth-order valence-electron chi connectivity index (χ4n) is 1.55. The summed E-state index contributed by atoms with van der Waals surface area (Å²) in [5.74, 6) is -0.983. The fraction of sp³-hybridized carbons (Fsp3) is 0.250. The molecule has 5 heteroatoms. The van der Waals surface area contributed by atoms with Crippen LogP contribution in [0.15, 0.2) is 23.2 Å². The first-order valence-corrected chi connectivity index (χ1v) is 5.18. The molecule has 0 saturated carbocycles. The summed E-state index contributed by atoms with van der Waals surface area (Å²) in [6.45, 7) is 3.19. The van der Waals surface area contributed by atoms with E-state index < -0.39 is 18.1 Å². The Balaban J connectivity index is 2.31. The van der Waals surface area contributed by atoms with Crippen molar-refractivity contribution in [3.8, 4) is 0 Å². The maximum Gasteiger partial charge on any atom is 0.305 e. The highest BCUT2D eigenvalue weighted by molar-refractivity contribution is 6.03. The number of aliphatic imine (C=N–C) groups is 1. The molecule has 0 spiro atoms. The second-order valence-corrected chi connectivity index (χ2v) is 3.82. The number of hydrogen-bond donors (Lipinski definition) is 1. The highest BCUT2D eigenvalue weighted by Gasteiger charge is 2.23. The van der Waals surface area contributed by atoms with Gasteiger partial charge in [-0.05, 0) is 19.1 Å². The lowest BCUT2D eigenvalue weighted by Gasteiger charge is -2.10. The van der Waals surface area contributed by atoms with Gasteiger partial charge in [-0.15, -0.1) is 0 Å². The van der Waals surface area contributed by atoms with Crippen LogP contribution in [0.2, 0.25) is 0 Å². The van der Waals surface area contributed by atoms with Crippen molar-refractivity contribution in [1.82, 2.24) is 0 Å². The van der Waals surface area contributed by atoms with Crippen LogP contribution in [0.5, 0.6) is 0 Å². The summed E-state index contributed by atoms with van der Waals surface area (Å²) in [5.41, 5.74) is 2.53. The van der Waals surface area contributed by atoms with Gasteiger partial charge in [0.2, 0.25) is 0 Å². The van der Waals surface area contributed by atoms with Gasteiger partial charge in [-0.3, -0.25) is 9.59 Å². The predicted octanol–water partition coefficient (Wildman–Crippen LogP) is 1.26. The van der Waals surface area contributed by atoms with Crippen LogP contribution >= 0.6 is 0 Å². The smallest absolute Gasteiger partial charge is 0.305 e. The molecule has 1 aromatic carbocycles. The van der Waals surface area contributed by atoms with Crippen molar-refractivity contribution in [2.24, 2.45) is 4.99 Å². The molecule has 1 amide bonds. The van der Waals surface area contributed by atoms with E-state index in [2.05, 4.69) is 10.3 Å². The molecule has 0 radical (unpaired) electrons. The predicted molar refractivity (Wildman–Crippen MR) is 63.0 cm³/mol. The minimum absolute atomic E-state index is 0.445. The molecule has 0 aromatic heterocycles. The van der Waals surface area contributed by atoms with Gasteiger partial charge in [-0.2, -0.15) is 0 Å². The van der Waals surface area contributed by atoms with Crippen LogP contribution in [0.25, 0.3) is 0 Å². The summed E-state index contributed by atoms with van der Waals surface area (Å²) >= 11 is 0. The number of esters is 1. The number of benzene rings is 1. The molecule has 2 rings (SSSR count). The molecule has 0 bridgehead atoms. The van der Waals surface area contributed by atoms with Gasteiger partial charge in [0.05, 0.1) is 0 Å². The maximum absolute atomic E-state index is 11.7. The zero-order chi connectivity index (χ0) is 12.4. The molecule has 1 aliphatic heterocycles. The summed E-state index contributed by atoms with van der Waals surface area (Å²) in [6.07, 6.45) is 0.425. The second kappa shape index (κ2) is 4.37. The first-order chi connectivity index (χ1) is 8.06. The van der Waals surface area contributed by atoms with Crippen molar-refractivity contribution in [3.63, 3.8) is 0 Å². The highest BCUT2D eigenvalue weighted by atomic mass is 16.6. The van der Waals surface area contributed by atoms with Crippen molar-refractivity contribution >= 4 is 23.8 Å². The van der Waals surface area contributed by atoms with Gasteiger partial charge in [-0.25, -0.2) is 4.99 Å². The van der Waals surface area contributed by atoms with Gasteiger partial charge < -0.3 is 10.1 Å². The van der Waals surface area contributed by atoms with Crippen LogP contribution in [-0.2, 0) is 14.3 Å². The number of amides is 1. The Labute approximate surface area is 98.5 Å². The number of fused-ring (bicyclic) bond motifs is 1. The first-order valence-electron chi connectivity index (χ1n) is 5.18. The minimum Gasteiger partial charge on any atom is -0.430 e. The Morgan fingerprint density at radius 2 is 2.24 bits per heavy atom. The van der Waals surface area contributed by atoms with Gasteiger partial charge in [0.15, 0.2) is 0 Å². The van der Waals surface area contributed by atoms with E-state index in [0.29, 0.717) is 5.69 Å². The van der Waals surface area contributed by atoms with Crippen molar-refractivity contribution in [3.05, 3.63) is 29.3 Å². The molecule has 1 N–H and O–H groups in total. The van der Waals surface area contributed by atoms with E-state index in [4.69, 9.17) is 4.74 Å². The van der Waals surface area contributed by atoms with E-state index in [1.807, 2.05) is 19.1 Å². The number of nitrogens with one attached hydrogen (secondary N) is 1. The third-order valence-electron chi connectivity index (χ3n) is 2.32. The lowest BCUT2D eigenvalue weighted by Crippen LogP contribution is -2.29. The standard InChI is InChI=1S/C12H12N2O3/c1-7-3-4-10-9(5-7)6-13-12(11(16)14-10)17-8(2)15/h3-6,12H,1-2H3,(H,14,16)/t12-/m1/s1. The Hall–Kier alpha value is -2.17. The quantitative estimate of drug-likeness (QED) is 0.741. The van der Waals surface area contributed by atoms with Crippen LogP contribution in [0, 0.1) is 6.92 Å². The van der Waals surface area contributed by atoms with E-state index in [0.717, 1.165) is 11.1 Å². The average molecular weight is 232 g/mol. The van der Waals surface area contributed by atoms with Crippen molar-refractivity contribution in [1.29, 1.82) is 0 Å². The third kappa shape index (κ3) is 2.50. The Morgan fingerprint density at radius 3 is 2.94 bits per heavy atom. The van der Waals surface area contributed by atoms with Crippen LogP contribution in [0.4, 0.5) is 5.69 Å². The van der Waals surface area contributed by atoms with Crippen LogP contribution in [0.3, 0.4) is 0 Å². The third-order valence-corrected chi connectivity index (χ3v) is 2.32. The van der Waals surface area contributed by atoms with E-state index in [9.17, 15) is 9.59 Å². The van der Waals surface area contributed by atoms with Crippen molar-refractivity contribution in [2.45, 2.75) is 20.1 Å². The lowest BCUT2D eigenvalue weighted by molar-refractivity contribution is -0.151. The summed E-state index contributed by atoms with van der Waals surface area (Å²) in [6, 6.07) is 5.58. The summed E-state index contributed by atoms with van der Waals surface area (Å²) in [4.78, 5) is 26.5. The Bertz CT molecular complexity index is 508. The fourth-order valence-corrected chi connectivity index (χ4v) is 1.55. The molecule has 1 aromatic rings. The molecule has 17 heavy (non-hydrogen) atoms. The number of carbonyl (C=O) groups excluding carboxylic acids is 2. The average Bonchev–Trinajstić information content (AvgIpc) is 2.39. The van der Waals surface area contributed by atoms with E-state index in [1.165, 1.54) is 13.1 Å². The molecule has 1 heterocycles. The zero-order valence-electron chi connectivity index (χ0n) is 9.56. The lowest BCUT2D eigenvalue weighted by atomic mass is 10.1. The molecular formula is C12H12N2O3. The summed E-state index contributed by atoms with van der Waals surface area (Å²) in [5, 5.41) is 2.66. The largest absolute Gasteiger partial charge is 0.430 e. The van der Waals surface area contributed by atoms with Crippen LogP contribution in [0.1, 0.15) is 18.1 Å². The molecule has 0 fully saturated rings. The minimum atomic E-state index is -1.11. The first kappa shape index (κ1) is 11.3. The summed E-state index contributed by atoms with van der Waals surface area (Å²) < 4.78 is 4.80. The topological polar surface area (TPSA) is 67.8 Å². The molecule has 1 aliphatic rings. The monoisotopic (exact) mass is 232 g/mol. The normalized spacial score (nSPS) is 18.0. The van der Waals surface area contributed by atoms with Crippen LogP contribution < -0.4 is 5.32 Å². The van der Waals surface area contributed by atoms with Gasteiger partial charge >= 0.3 is 5.97 Å². The van der Waals surface area contributed by atoms with Gasteiger partial charge in [0.1, 0.15) is 0 Å². The van der Waals surface area contributed by atoms with Crippen molar-refractivity contribution in [2.75, 3.05) is 5.32 Å². The molecule has 0 saturated heterocycles. The molecule has 5 nitrogen and oxygen atoms in total. The van der Waals surface area contributed by atoms with Gasteiger partial charge in [0.25, 0.3) is 12.1 Å². The number of carbonyl (C=O) groups is 2. The zero-order valence-corrected chi connectivity index (χ0v) is 9.56. The van der Waals surface area contributed by atoms with Gasteiger partial charge in [0, 0.05) is 24.4 Å². The number of aryl methyl sites for hydroxylation is 1. The SMILES string of the molecule is CC(=O)O[C@H]1N=Cc2cc(C)ccc2NC1=O. The summed E-state index contributed by atoms with van der Waals surface area (Å²) in [7, 11) is 0. The van der Waals surface area contributed by atoms with E-state index >= 15 is 0 Å². The van der Waals surface area contributed by atoms with Crippen molar-refractivity contribution < 1.29 is 14.3 Å². The van der Waals surface area contributed by atoms with E-state index in [1.54, 1.807) is 6.07 Å². The molecular weight excluding hydrogens is 220 g/mol. The Kier molecular flexibility index (Phi) is 2.91. The number of nitrogens with zero attached hydrogens (tertiary/aromatic N) is 1. The number of hydrogen-bond acceptors (Lipinski definition) is 4. The number of rotatable bonds is 1. The number of anilines is 1. The molecule has 0 unspecified atom stereocenters. The molecule has 1 atom stereocenters. The highest BCUT2D eigenvalue weighted by Crippen LogP contribution is 2.19. The number of benzodiazepines with no additional fused rings is 1.